The second-order valence-electron chi connectivity index (χ2n) is 5.53. The molecule has 0 spiro atoms. The molecule has 1 aliphatic heterocycles. The van der Waals surface area contributed by atoms with Gasteiger partial charge in [-0.05, 0) is 37.6 Å². The lowest BCUT2D eigenvalue weighted by atomic mass is 10.1. The molecule has 20 heavy (non-hydrogen) atoms. The first kappa shape index (κ1) is 14.9. The number of nitrogens with zero attached hydrogens (tertiary/aromatic N) is 3. The summed E-state index contributed by atoms with van der Waals surface area (Å²) in [6, 6.07) is 3.63. The van der Waals surface area contributed by atoms with Crippen molar-refractivity contribution in [2.24, 2.45) is 11.7 Å². The number of pyridine rings is 1. The van der Waals surface area contributed by atoms with Gasteiger partial charge in [-0.1, -0.05) is 6.92 Å². The molecule has 0 radical (unpaired) electrons. The van der Waals surface area contributed by atoms with Crippen molar-refractivity contribution in [3.8, 4) is 0 Å². The fraction of sp³-hybridized carbons (Fsp3) is 0.600. The van der Waals surface area contributed by atoms with Crippen LogP contribution in [0.4, 0.5) is 0 Å². The van der Waals surface area contributed by atoms with Crippen LogP contribution in [0.1, 0.15) is 23.7 Å². The number of amides is 1. The summed E-state index contributed by atoms with van der Waals surface area (Å²) in [6.45, 7) is 7.48. The number of carbonyl (C=O) groups excluding carboxylic acids is 1. The lowest BCUT2D eigenvalue weighted by molar-refractivity contribution is 0.0760. The van der Waals surface area contributed by atoms with Crippen molar-refractivity contribution in [2.45, 2.75) is 13.3 Å². The van der Waals surface area contributed by atoms with Crippen LogP contribution in [0.5, 0.6) is 0 Å². The second-order valence-corrected chi connectivity index (χ2v) is 5.53. The molecule has 110 valence electrons. The zero-order chi connectivity index (χ0) is 14.4. The maximum absolute atomic E-state index is 12.4. The molecule has 1 fully saturated rings. The number of hydrogen-bond donors (Lipinski definition) is 1. The van der Waals surface area contributed by atoms with Crippen LogP contribution in [-0.2, 0) is 0 Å². The van der Waals surface area contributed by atoms with Crippen molar-refractivity contribution >= 4 is 5.91 Å². The molecule has 0 bridgehead atoms. The quantitative estimate of drug-likeness (QED) is 0.884. The average molecular weight is 276 g/mol. The molecule has 2 rings (SSSR count). The molecule has 1 unspecified atom stereocenters. The van der Waals surface area contributed by atoms with Gasteiger partial charge in [-0.2, -0.15) is 0 Å². The lowest BCUT2D eigenvalue weighted by Gasteiger charge is -2.24. The Morgan fingerprint density at radius 3 is 2.95 bits per heavy atom. The van der Waals surface area contributed by atoms with Crippen LogP contribution in [0.15, 0.2) is 24.5 Å². The van der Waals surface area contributed by atoms with E-state index in [1.807, 2.05) is 11.0 Å². The van der Waals surface area contributed by atoms with E-state index < -0.39 is 0 Å². The Morgan fingerprint density at radius 2 is 2.25 bits per heavy atom. The average Bonchev–Trinajstić information content (AvgIpc) is 2.73. The van der Waals surface area contributed by atoms with E-state index in [-0.39, 0.29) is 5.91 Å². The highest BCUT2D eigenvalue weighted by Gasteiger charge is 2.20. The van der Waals surface area contributed by atoms with Gasteiger partial charge in [0.05, 0.1) is 5.56 Å². The number of nitrogens with two attached hydrogens (primary N) is 1. The lowest BCUT2D eigenvalue weighted by Crippen LogP contribution is -2.37. The minimum Gasteiger partial charge on any atom is -0.337 e. The van der Waals surface area contributed by atoms with E-state index in [2.05, 4.69) is 16.8 Å². The topological polar surface area (TPSA) is 62.5 Å². The summed E-state index contributed by atoms with van der Waals surface area (Å²) in [5, 5.41) is 0. The number of rotatable bonds is 4. The van der Waals surface area contributed by atoms with Gasteiger partial charge in [0.25, 0.3) is 5.91 Å². The minimum absolute atomic E-state index is 0.0897. The van der Waals surface area contributed by atoms with Gasteiger partial charge in [-0.25, -0.2) is 0 Å². The monoisotopic (exact) mass is 276 g/mol. The van der Waals surface area contributed by atoms with Gasteiger partial charge in [-0.3, -0.25) is 9.78 Å². The van der Waals surface area contributed by atoms with Crippen LogP contribution in [0.25, 0.3) is 0 Å². The van der Waals surface area contributed by atoms with Crippen molar-refractivity contribution in [1.29, 1.82) is 0 Å². The van der Waals surface area contributed by atoms with E-state index >= 15 is 0 Å². The van der Waals surface area contributed by atoms with E-state index in [1.54, 1.807) is 18.5 Å². The second kappa shape index (κ2) is 7.36. The molecule has 2 N–H and O–H groups in total. The molecular weight excluding hydrogens is 252 g/mol. The normalized spacial score (nSPS) is 18.6. The van der Waals surface area contributed by atoms with E-state index in [1.165, 1.54) is 0 Å². The van der Waals surface area contributed by atoms with E-state index in [0.29, 0.717) is 11.5 Å². The molecule has 2 heterocycles. The Balaban J connectivity index is 1.91. The van der Waals surface area contributed by atoms with Crippen LogP contribution in [0.3, 0.4) is 0 Å². The summed E-state index contributed by atoms with van der Waals surface area (Å²) < 4.78 is 0. The van der Waals surface area contributed by atoms with E-state index in [0.717, 1.165) is 45.7 Å². The summed E-state index contributed by atoms with van der Waals surface area (Å²) in [4.78, 5) is 20.7. The molecule has 1 aromatic heterocycles. The molecule has 5 nitrogen and oxygen atoms in total. The first-order valence-corrected chi connectivity index (χ1v) is 7.32. The van der Waals surface area contributed by atoms with Crippen molar-refractivity contribution in [2.75, 3.05) is 39.3 Å². The highest BCUT2D eigenvalue weighted by molar-refractivity contribution is 5.93. The fourth-order valence-electron chi connectivity index (χ4n) is 2.54. The number of hydrogen-bond acceptors (Lipinski definition) is 4. The molecule has 1 atom stereocenters. The molecule has 0 aromatic carbocycles. The van der Waals surface area contributed by atoms with E-state index in [4.69, 9.17) is 5.73 Å². The number of aromatic nitrogens is 1. The van der Waals surface area contributed by atoms with Crippen LogP contribution in [0.2, 0.25) is 0 Å². The zero-order valence-electron chi connectivity index (χ0n) is 12.2. The van der Waals surface area contributed by atoms with Gasteiger partial charge in [0.2, 0.25) is 0 Å². The van der Waals surface area contributed by atoms with Crippen LogP contribution in [0, 0.1) is 5.92 Å². The van der Waals surface area contributed by atoms with Gasteiger partial charge in [-0.15, -0.1) is 0 Å². The highest BCUT2D eigenvalue weighted by Crippen LogP contribution is 2.09. The van der Waals surface area contributed by atoms with Crippen molar-refractivity contribution in [3.05, 3.63) is 30.1 Å². The first-order valence-electron chi connectivity index (χ1n) is 7.32. The van der Waals surface area contributed by atoms with Gasteiger partial charge in [0, 0.05) is 38.6 Å². The predicted octanol–water partition coefficient (Wildman–Crippen LogP) is 0.824. The van der Waals surface area contributed by atoms with Crippen LogP contribution < -0.4 is 5.73 Å². The summed E-state index contributed by atoms with van der Waals surface area (Å²) in [6.07, 6.45) is 4.35. The molecule has 0 aliphatic carbocycles. The van der Waals surface area contributed by atoms with Crippen LogP contribution >= 0.6 is 0 Å². The van der Waals surface area contributed by atoms with Gasteiger partial charge < -0.3 is 15.5 Å². The Bertz CT molecular complexity index is 423. The first-order chi connectivity index (χ1) is 9.70. The largest absolute Gasteiger partial charge is 0.337 e. The molecule has 0 saturated carbocycles. The molecular formula is C15H24N4O. The standard InChI is InChI=1S/C15H24N4O/c1-13(10-16)12-18-6-3-7-19(9-8-18)15(20)14-4-2-5-17-11-14/h2,4-5,11,13H,3,6-10,12,16H2,1H3. The SMILES string of the molecule is CC(CN)CN1CCCN(C(=O)c2cccnc2)CC1. The third kappa shape index (κ3) is 4.02. The Labute approximate surface area is 120 Å². The fourth-order valence-corrected chi connectivity index (χ4v) is 2.54. The summed E-state index contributed by atoms with van der Waals surface area (Å²) in [5.74, 6) is 0.599. The smallest absolute Gasteiger partial charge is 0.255 e. The third-order valence-electron chi connectivity index (χ3n) is 3.76. The maximum atomic E-state index is 12.4. The zero-order valence-corrected chi connectivity index (χ0v) is 12.2. The van der Waals surface area contributed by atoms with E-state index in [9.17, 15) is 4.79 Å². The van der Waals surface area contributed by atoms with Crippen LogP contribution in [-0.4, -0.2) is 60.0 Å². The Kier molecular flexibility index (Phi) is 5.49. The Morgan fingerprint density at radius 1 is 1.40 bits per heavy atom. The maximum Gasteiger partial charge on any atom is 0.255 e. The highest BCUT2D eigenvalue weighted by atomic mass is 16.2. The summed E-state index contributed by atoms with van der Waals surface area (Å²) >= 11 is 0. The molecule has 1 amide bonds. The van der Waals surface area contributed by atoms with Crippen molar-refractivity contribution < 1.29 is 4.79 Å². The van der Waals surface area contributed by atoms with Gasteiger partial charge in [0.1, 0.15) is 0 Å². The molecule has 1 aliphatic rings. The summed E-state index contributed by atoms with van der Waals surface area (Å²) in [5.41, 5.74) is 6.36. The molecule has 1 saturated heterocycles. The third-order valence-corrected chi connectivity index (χ3v) is 3.76. The van der Waals surface area contributed by atoms with Gasteiger partial charge in [0.15, 0.2) is 0 Å². The minimum atomic E-state index is 0.0897. The van der Waals surface area contributed by atoms with Gasteiger partial charge >= 0.3 is 0 Å². The van der Waals surface area contributed by atoms with Crippen molar-refractivity contribution in [1.82, 2.24) is 14.8 Å². The number of carbonyl (C=O) groups is 1. The Hall–Kier alpha value is -1.46. The molecule has 5 heteroatoms. The van der Waals surface area contributed by atoms with Crippen molar-refractivity contribution in [3.63, 3.8) is 0 Å². The summed E-state index contributed by atoms with van der Waals surface area (Å²) in [7, 11) is 0. The predicted molar refractivity (Wildman–Crippen MR) is 79.4 cm³/mol. The molecule has 1 aromatic rings.